The van der Waals surface area contributed by atoms with Gasteiger partial charge in [0.2, 0.25) is 11.8 Å². The fourth-order valence-corrected chi connectivity index (χ4v) is 3.42. The van der Waals surface area contributed by atoms with Gasteiger partial charge in [0.25, 0.3) is 0 Å². The number of benzene rings is 1. The van der Waals surface area contributed by atoms with Gasteiger partial charge in [-0.05, 0) is 36.6 Å². The molecule has 0 atom stereocenters. The monoisotopic (exact) mass is 400 g/mol. The van der Waals surface area contributed by atoms with Crippen LogP contribution in [0.15, 0.2) is 24.3 Å². The molecule has 4 nitrogen and oxygen atoms in total. The molecule has 1 aliphatic heterocycles. The fraction of sp³-hybridized carbons (Fsp3) is 0.474. The van der Waals surface area contributed by atoms with E-state index >= 15 is 0 Å². The highest BCUT2D eigenvalue weighted by atomic mass is 35.5. The van der Waals surface area contributed by atoms with Crippen LogP contribution in [0.25, 0.3) is 6.08 Å². The molecule has 1 heterocycles. The number of nitrogens with zero attached hydrogens (tertiary/aromatic N) is 2. The summed E-state index contributed by atoms with van der Waals surface area (Å²) in [5, 5.41) is -0.377. The van der Waals surface area contributed by atoms with E-state index in [1.54, 1.807) is 9.80 Å². The Kier molecular flexibility index (Phi) is 5.79. The maximum atomic E-state index is 12.9. The third kappa shape index (κ3) is 4.64. The lowest BCUT2D eigenvalue weighted by Crippen LogP contribution is -2.52. The molecular formula is C19H20ClF3N2O2. The standard InChI is InChI=1S/C19H20ClF3N2O2/c20-16-6-4-13(12-15(16)19(21,22)23)5-7-17(26)24-8-10-25(11-9-24)18(27)14-2-1-3-14/h4-7,12,14H,1-3,8-11H2/b7-5+. The Balaban J connectivity index is 1.57. The van der Waals surface area contributed by atoms with Crippen LogP contribution in [-0.2, 0) is 15.8 Å². The molecule has 0 unspecified atom stereocenters. The van der Waals surface area contributed by atoms with Crippen LogP contribution in [0, 0.1) is 5.92 Å². The first kappa shape index (κ1) is 19.7. The highest BCUT2D eigenvalue weighted by molar-refractivity contribution is 6.31. The molecule has 2 fully saturated rings. The van der Waals surface area contributed by atoms with Crippen molar-refractivity contribution < 1.29 is 22.8 Å². The van der Waals surface area contributed by atoms with Gasteiger partial charge in [0, 0.05) is 38.2 Å². The fourth-order valence-electron chi connectivity index (χ4n) is 3.20. The van der Waals surface area contributed by atoms with Crippen LogP contribution in [0.2, 0.25) is 5.02 Å². The number of piperazine rings is 1. The molecule has 27 heavy (non-hydrogen) atoms. The smallest absolute Gasteiger partial charge is 0.339 e. The Labute approximate surface area is 160 Å². The molecule has 8 heteroatoms. The molecule has 0 aromatic heterocycles. The van der Waals surface area contributed by atoms with Crippen LogP contribution in [0.5, 0.6) is 0 Å². The van der Waals surface area contributed by atoms with Crippen molar-refractivity contribution in [2.24, 2.45) is 5.92 Å². The van der Waals surface area contributed by atoms with E-state index < -0.39 is 11.7 Å². The number of carbonyl (C=O) groups is 2. The van der Waals surface area contributed by atoms with Crippen molar-refractivity contribution in [2.45, 2.75) is 25.4 Å². The topological polar surface area (TPSA) is 40.6 Å². The molecule has 0 N–H and O–H groups in total. The Morgan fingerprint density at radius 3 is 2.26 bits per heavy atom. The van der Waals surface area contributed by atoms with Crippen LogP contribution in [0.3, 0.4) is 0 Å². The minimum atomic E-state index is -4.55. The van der Waals surface area contributed by atoms with Gasteiger partial charge in [-0.1, -0.05) is 24.1 Å². The van der Waals surface area contributed by atoms with E-state index in [1.807, 2.05) is 0 Å². The number of hydrogen-bond donors (Lipinski definition) is 0. The average Bonchev–Trinajstić information content (AvgIpc) is 2.58. The lowest BCUT2D eigenvalue weighted by molar-refractivity contribution is -0.142. The molecule has 146 valence electrons. The summed E-state index contributed by atoms with van der Waals surface area (Å²) in [6.07, 6.45) is 1.05. The van der Waals surface area contributed by atoms with Gasteiger partial charge in [-0.2, -0.15) is 13.2 Å². The minimum absolute atomic E-state index is 0.139. The molecule has 2 amide bonds. The largest absolute Gasteiger partial charge is 0.417 e. The molecule has 1 saturated carbocycles. The number of halogens is 4. The van der Waals surface area contributed by atoms with Crippen LogP contribution in [0.1, 0.15) is 30.4 Å². The van der Waals surface area contributed by atoms with Gasteiger partial charge < -0.3 is 9.80 Å². The Morgan fingerprint density at radius 2 is 1.70 bits per heavy atom. The molecule has 2 aliphatic rings. The van der Waals surface area contributed by atoms with Gasteiger partial charge in [-0.25, -0.2) is 0 Å². The van der Waals surface area contributed by atoms with Gasteiger partial charge >= 0.3 is 6.18 Å². The molecule has 1 aromatic carbocycles. The van der Waals surface area contributed by atoms with Crippen LogP contribution < -0.4 is 0 Å². The number of amides is 2. The highest BCUT2D eigenvalue weighted by Crippen LogP contribution is 2.35. The van der Waals surface area contributed by atoms with Gasteiger partial charge in [-0.15, -0.1) is 0 Å². The van der Waals surface area contributed by atoms with Crippen molar-refractivity contribution in [3.63, 3.8) is 0 Å². The average molecular weight is 401 g/mol. The second-order valence-electron chi connectivity index (χ2n) is 6.85. The first-order valence-corrected chi connectivity index (χ1v) is 9.26. The van der Waals surface area contributed by atoms with E-state index in [2.05, 4.69) is 0 Å². The predicted octanol–water partition coefficient (Wildman–Crippen LogP) is 3.84. The number of hydrogen-bond acceptors (Lipinski definition) is 2. The number of rotatable bonds is 3. The Hall–Kier alpha value is -2.02. The summed E-state index contributed by atoms with van der Waals surface area (Å²) in [4.78, 5) is 27.9. The normalized spacial score (nSPS) is 18.7. The Bertz CT molecular complexity index is 752. The van der Waals surface area contributed by atoms with Gasteiger partial charge in [-0.3, -0.25) is 9.59 Å². The molecular weight excluding hydrogens is 381 g/mol. The van der Waals surface area contributed by atoms with Gasteiger partial charge in [0.1, 0.15) is 0 Å². The zero-order chi connectivity index (χ0) is 19.6. The molecule has 0 bridgehead atoms. The van der Waals surface area contributed by atoms with Crippen LogP contribution in [0.4, 0.5) is 13.2 Å². The Morgan fingerprint density at radius 1 is 1.07 bits per heavy atom. The quantitative estimate of drug-likeness (QED) is 0.723. The van der Waals surface area contributed by atoms with Crippen molar-refractivity contribution in [1.82, 2.24) is 9.80 Å². The summed E-state index contributed by atoms with van der Waals surface area (Å²) in [7, 11) is 0. The van der Waals surface area contributed by atoms with Crippen LogP contribution in [-0.4, -0.2) is 47.8 Å². The minimum Gasteiger partial charge on any atom is -0.339 e. The molecule has 0 radical (unpaired) electrons. The zero-order valence-corrected chi connectivity index (χ0v) is 15.4. The summed E-state index contributed by atoms with van der Waals surface area (Å²) >= 11 is 5.59. The number of carbonyl (C=O) groups excluding carboxylic acids is 2. The van der Waals surface area contributed by atoms with E-state index in [0.717, 1.165) is 25.3 Å². The molecule has 0 spiro atoms. The van der Waals surface area contributed by atoms with Crippen molar-refractivity contribution in [2.75, 3.05) is 26.2 Å². The second-order valence-corrected chi connectivity index (χ2v) is 7.26. The van der Waals surface area contributed by atoms with Crippen molar-refractivity contribution >= 4 is 29.5 Å². The highest BCUT2D eigenvalue weighted by Gasteiger charge is 2.33. The van der Waals surface area contributed by atoms with E-state index in [0.29, 0.717) is 26.2 Å². The SMILES string of the molecule is O=C(/C=C/c1ccc(Cl)c(C(F)(F)F)c1)N1CCN(C(=O)C2CCC2)CC1. The second kappa shape index (κ2) is 7.92. The summed E-state index contributed by atoms with van der Waals surface area (Å²) in [5.74, 6) is 0.0267. The van der Waals surface area contributed by atoms with Gasteiger partial charge in [0.05, 0.1) is 10.6 Å². The molecule has 1 aromatic rings. The molecule has 1 saturated heterocycles. The molecule has 1 aliphatic carbocycles. The van der Waals surface area contributed by atoms with E-state index in [1.165, 1.54) is 24.3 Å². The maximum absolute atomic E-state index is 12.9. The number of alkyl halides is 3. The van der Waals surface area contributed by atoms with E-state index in [9.17, 15) is 22.8 Å². The lowest BCUT2D eigenvalue weighted by atomic mass is 9.84. The predicted molar refractivity (Wildman–Crippen MR) is 96.0 cm³/mol. The maximum Gasteiger partial charge on any atom is 0.417 e. The third-order valence-electron chi connectivity index (χ3n) is 5.07. The first-order chi connectivity index (χ1) is 12.8. The van der Waals surface area contributed by atoms with E-state index in [4.69, 9.17) is 11.6 Å². The third-order valence-corrected chi connectivity index (χ3v) is 5.40. The van der Waals surface area contributed by atoms with Crippen molar-refractivity contribution in [3.8, 4) is 0 Å². The summed E-state index contributed by atoms with van der Waals surface area (Å²) in [6.45, 7) is 1.84. The summed E-state index contributed by atoms with van der Waals surface area (Å²) in [6, 6.07) is 3.51. The van der Waals surface area contributed by atoms with E-state index in [-0.39, 0.29) is 28.3 Å². The van der Waals surface area contributed by atoms with Crippen molar-refractivity contribution in [1.29, 1.82) is 0 Å². The zero-order valence-electron chi connectivity index (χ0n) is 14.6. The summed E-state index contributed by atoms with van der Waals surface area (Å²) < 4.78 is 38.7. The lowest BCUT2D eigenvalue weighted by Gasteiger charge is -2.37. The molecule has 3 rings (SSSR count). The summed E-state index contributed by atoms with van der Waals surface area (Å²) in [5.41, 5.74) is -0.680. The van der Waals surface area contributed by atoms with Gasteiger partial charge in [0.15, 0.2) is 0 Å². The van der Waals surface area contributed by atoms with Crippen LogP contribution >= 0.6 is 11.6 Å². The van der Waals surface area contributed by atoms with Crippen molar-refractivity contribution in [3.05, 3.63) is 40.4 Å². The first-order valence-electron chi connectivity index (χ1n) is 8.88.